The monoisotopic (exact) mass is 363 g/mol. The van der Waals surface area contributed by atoms with Gasteiger partial charge in [0, 0.05) is 45.7 Å². The summed E-state index contributed by atoms with van der Waals surface area (Å²) in [6.07, 6.45) is 2.93. The zero-order valence-corrected chi connectivity index (χ0v) is 15.3. The molecular formula is C15H27Cl2N5O. The van der Waals surface area contributed by atoms with Gasteiger partial charge in [0.2, 0.25) is 5.91 Å². The van der Waals surface area contributed by atoms with Crippen LogP contribution < -0.4 is 5.32 Å². The molecule has 8 heteroatoms. The van der Waals surface area contributed by atoms with Crippen LogP contribution in [0.25, 0.3) is 0 Å². The van der Waals surface area contributed by atoms with Gasteiger partial charge in [0.1, 0.15) is 0 Å². The highest BCUT2D eigenvalue weighted by Crippen LogP contribution is 2.11. The maximum absolute atomic E-state index is 11.8. The molecule has 1 fully saturated rings. The van der Waals surface area contributed by atoms with Crippen molar-refractivity contribution in [1.82, 2.24) is 24.9 Å². The minimum absolute atomic E-state index is 0. The second kappa shape index (κ2) is 9.47. The first-order valence-corrected chi connectivity index (χ1v) is 7.95. The number of amides is 1. The molecule has 0 aromatic carbocycles. The van der Waals surface area contributed by atoms with Crippen LogP contribution in [0.15, 0.2) is 6.07 Å². The number of piperidine rings is 1. The number of aromatic nitrogens is 2. The smallest absolute Gasteiger partial charge is 0.222 e. The average molecular weight is 364 g/mol. The Labute approximate surface area is 150 Å². The van der Waals surface area contributed by atoms with Crippen molar-refractivity contribution in [3.8, 4) is 0 Å². The molecule has 132 valence electrons. The molecule has 1 N–H and O–H groups in total. The third kappa shape index (κ3) is 5.35. The van der Waals surface area contributed by atoms with Gasteiger partial charge in [-0.15, -0.1) is 24.8 Å². The molecule has 1 saturated heterocycles. The number of carbonyl (C=O) groups excluding carboxylic acids is 1. The van der Waals surface area contributed by atoms with Gasteiger partial charge in [-0.3, -0.25) is 14.4 Å². The Bertz CT molecular complexity index is 485. The van der Waals surface area contributed by atoms with Gasteiger partial charge in [-0.1, -0.05) is 0 Å². The molecule has 0 saturated carbocycles. The van der Waals surface area contributed by atoms with Gasteiger partial charge in [0.15, 0.2) is 0 Å². The summed E-state index contributed by atoms with van der Waals surface area (Å²) in [5, 5.41) is 8.02. The Kier molecular flexibility index (Phi) is 8.33. The van der Waals surface area contributed by atoms with Crippen molar-refractivity contribution in [3.63, 3.8) is 0 Å². The van der Waals surface area contributed by atoms with E-state index in [2.05, 4.69) is 33.1 Å². The van der Waals surface area contributed by atoms with Crippen LogP contribution in [0.5, 0.6) is 0 Å². The summed E-state index contributed by atoms with van der Waals surface area (Å²) in [6, 6.07) is 2.19. The van der Waals surface area contributed by atoms with E-state index in [1.165, 1.54) is 5.69 Å². The number of nitrogens with zero attached hydrogens (tertiary/aromatic N) is 4. The first kappa shape index (κ1) is 20.2. The molecule has 0 aliphatic carbocycles. The molecule has 23 heavy (non-hydrogen) atoms. The lowest BCUT2D eigenvalue weighted by Crippen LogP contribution is -2.40. The number of halogens is 2. The van der Waals surface area contributed by atoms with Crippen LogP contribution in [0.3, 0.4) is 0 Å². The molecular weight excluding hydrogens is 337 g/mol. The predicted octanol–water partition coefficient (Wildman–Crippen LogP) is 1.27. The van der Waals surface area contributed by atoms with Crippen molar-refractivity contribution < 1.29 is 4.79 Å². The van der Waals surface area contributed by atoms with Crippen molar-refractivity contribution in [2.24, 2.45) is 0 Å². The molecule has 0 atom stereocenters. The fourth-order valence-corrected chi connectivity index (χ4v) is 3.07. The molecule has 0 radical (unpaired) electrons. The lowest BCUT2D eigenvalue weighted by molar-refractivity contribution is -0.133. The lowest BCUT2D eigenvalue weighted by atomic mass is 10.1. The molecule has 0 unspecified atom stereocenters. The minimum Gasteiger partial charge on any atom is -0.341 e. The van der Waals surface area contributed by atoms with Gasteiger partial charge in [-0.25, -0.2) is 0 Å². The maximum Gasteiger partial charge on any atom is 0.222 e. The van der Waals surface area contributed by atoms with E-state index < -0.39 is 0 Å². The Morgan fingerprint density at radius 2 is 2.13 bits per heavy atom. The molecule has 1 aromatic rings. The van der Waals surface area contributed by atoms with Crippen LogP contribution >= 0.6 is 24.8 Å². The number of likely N-dealkylation sites (N-methyl/N-ethyl adjacent to an activating group) is 1. The number of nitrogens with one attached hydrogen (secondary N) is 1. The van der Waals surface area contributed by atoms with Gasteiger partial charge < -0.3 is 10.2 Å². The van der Waals surface area contributed by atoms with E-state index in [1.807, 2.05) is 4.90 Å². The van der Waals surface area contributed by atoms with E-state index in [1.54, 1.807) is 0 Å². The largest absolute Gasteiger partial charge is 0.341 e. The molecule has 3 heterocycles. The third-order valence-corrected chi connectivity index (χ3v) is 4.33. The minimum atomic E-state index is 0. The summed E-state index contributed by atoms with van der Waals surface area (Å²) in [5.41, 5.74) is 2.40. The van der Waals surface area contributed by atoms with Gasteiger partial charge in [0.05, 0.1) is 17.9 Å². The van der Waals surface area contributed by atoms with Crippen molar-refractivity contribution >= 4 is 30.7 Å². The SMILES string of the molecule is CN(CCN1CCCCC1=O)Cc1cc2n(n1)CCNC2.Cl.Cl. The highest BCUT2D eigenvalue weighted by molar-refractivity contribution is 5.85. The van der Waals surface area contributed by atoms with E-state index in [0.29, 0.717) is 5.91 Å². The standard InChI is InChI=1S/C15H25N5O.2ClH/c1-18(8-9-19-6-3-2-4-15(19)21)12-13-10-14-11-16-5-7-20(14)17-13;;/h10,16H,2-9,11-12H2,1H3;2*1H. The Balaban J connectivity index is 0.00000132. The van der Waals surface area contributed by atoms with Crippen molar-refractivity contribution in [1.29, 1.82) is 0 Å². The van der Waals surface area contributed by atoms with Crippen LogP contribution in [0, 0.1) is 0 Å². The number of likely N-dealkylation sites (tertiary alicyclic amines) is 1. The fourth-order valence-electron chi connectivity index (χ4n) is 3.07. The zero-order chi connectivity index (χ0) is 14.7. The molecule has 2 aliphatic heterocycles. The van der Waals surface area contributed by atoms with Gasteiger partial charge in [0.25, 0.3) is 0 Å². The molecule has 2 aliphatic rings. The molecule has 0 bridgehead atoms. The van der Waals surface area contributed by atoms with Crippen LogP contribution in [0.1, 0.15) is 30.7 Å². The summed E-state index contributed by atoms with van der Waals surface area (Å²) < 4.78 is 2.10. The molecule has 3 rings (SSSR count). The summed E-state index contributed by atoms with van der Waals surface area (Å²) in [5.74, 6) is 0.318. The third-order valence-electron chi connectivity index (χ3n) is 4.33. The van der Waals surface area contributed by atoms with Crippen molar-refractivity contribution in [3.05, 3.63) is 17.5 Å². The zero-order valence-electron chi connectivity index (χ0n) is 13.7. The topological polar surface area (TPSA) is 53.4 Å². The lowest BCUT2D eigenvalue weighted by Gasteiger charge is -2.28. The summed E-state index contributed by atoms with van der Waals surface area (Å²) in [6.45, 7) is 6.40. The number of fused-ring (bicyclic) bond motifs is 1. The Morgan fingerprint density at radius 1 is 1.30 bits per heavy atom. The van der Waals surface area contributed by atoms with E-state index in [9.17, 15) is 4.79 Å². The van der Waals surface area contributed by atoms with Crippen molar-refractivity contribution in [2.45, 2.75) is 38.9 Å². The van der Waals surface area contributed by atoms with E-state index in [-0.39, 0.29) is 24.8 Å². The number of rotatable bonds is 5. The Hall–Kier alpha value is -0.820. The first-order valence-electron chi connectivity index (χ1n) is 7.95. The van der Waals surface area contributed by atoms with Gasteiger partial charge >= 0.3 is 0 Å². The predicted molar refractivity (Wildman–Crippen MR) is 95.2 cm³/mol. The second-order valence-corrected chi connectivity index (χ2v) is 6.10. The highest BCUT2D eigenvalue weighted by atomic mass is 35.5. The van der Waals surface area contributed by atoms with Gasteiger partial charge in [-0.2, -0.15) is 5.10 Å². The molecule has 1 aromatic heterocycles. The molecule has 0 spiro atoms. The summed E-state index contributed by atoms with van der Waals surface area (Å²) in [7, 11) is 2.10. The summed E-state index contributed by atoms with van der Waals surface area (Å²) in [4.78, 5) is 16.0. The normalized spacial score (nSPS) is 17.5. The number of hydrogen-bond acceptors (Lipinski definition) is 4. The Morgan fingerprint density at radius 3 is 2.87 bits per heavy atom. The van der Waals surface area contributed by atoms with Crippen molar-refractivity contribution in [2.75, 3.05) is 33.2 Å². The average Bonchev–Trinajstić information content (AvgIpc) is 2.88. The highest BCUT2D eigenvalue weighted by Gasteiger charge is 2.18. The number of carbonyl (C=O) groups is 1. The van der Waals surface area contributed by atoms with Crippen LogP contribution in [0.2, 0.25) is 0 Å². The van der Waals surface area contributed by atoms with Crippen LogP contribution in [-0.4, -0.2) is 58.7 Å². The first-order chi connectivity index (χ1) is 10.2. The van der Waals surface area contributed by atoms with Crippen LogP contribution in [0.4, 0.5) is 0 Å². The van der Waals surface area contributed by atoms with Gasteiger partial charge in [-0.05, 0) is 26.0 Å². The van der Waals surface area contributed by atoms with E-state index in [0.717, 1.165) is 70.8 Å². The maximum atomic E-state index is 11.8. The van der Waals surface area contributed by atoms with Crippen LogP contribution in [-0.2, 0) is 24.4 Å². The summed E-state index contributed by atoms with van der Waals surface area (Å²) >= 11 is 0. The quantitative estimate of drug-likeness (QED) is 0.855. The van der Waals surface area contributed by atoms with E-state index >= 15 is 0 Å². The molecule has 6 nitrogen and oxygen atoms in total. The van der Waals surface area contributed by atoms with E-state index in [4.69, 9.17) is 0 Å². The number of hydrogen-bond donors (Lipinski definition) is 1. The second-order valence-electron chi connectivity index (χ2n) is 6.10. The fraction of sp³-hybridized carbons (Fsp3) is 0.733. The molecule has 1 amide bonds.